The Bertz CT molecular complexity index is 2140. The molecule has 4 aromatic rings. The minimum Gasteiger partial charge on any atom is -0.497 e. The van der Waals surface area contributed by atoms with Crippen molar-refractivity contribution in [2.24, 2.45) is 4.40 Å². The van der Waals surface area contributed by atoms with Gasteiger partial charge >= 0.3 is 0 Å². The lowest BCUT2D eigenvalue weighted by Crippen LogP contribution is -2.49. The second-order valence-electron chi connectivity index (χ2n) is 15.0. The monoisotopic (exact) mass is 768 g/mol. The number of likely N-dealkylation sites (tertiary alicyclic amines) is 1. The highest BCUT2D eigenvalue weighted by Gasteiger charge is 2.28. The number of ether oxygens (including phenoxy) is 3. The maximum Gasteiger partial charge on any atom is 0.282 e. The van der Waals surface area contributed by atoms with Crippen molar-refractivity contribution in [3.63, 3.8) is 0 Å². The quantitative estimate of drug-likeness (QED) is 0.138. The van der Waals surface area contributed by atoms with Crippen LogP contribution in [0.1, 0.15) is 76.5 Å². The number of sulfonamides is 1. The fraction of sp³-hybridized carbons (Fsp3) is 0.419. The smallest absolute Gasteiger partial charge is 0.282 e. The average molecular weight is 769 g/mol. The summed E-state index contributed by atoms with van der Waals surface area (Å²) in [5, 5.41) is 4.42. The number of carbonyl (C=O) groups excluding carboxylic acids is 2. The van der Waals surface area contributed by atoms with E-state index in [4.69, 9.17) is 14.2 Å². The number of piperidine rings is 1. The topological polar surface area (TPSA) is 127 Å². The maximum atomic E-state index is 13.9. The molecule has 4 aromatic carbocycles. The van der Waals surface area contributed by atoms with Gasteiger partial charge < -0.3 is 24.4 Å². The van der Waals surface area contributed by atoms with Gasteiger partial charge in [0.15, 0.2) is 11.5 Å². The number of likely N-dealkylation sites (N-methyl/N-ethyl adjacent to an activating group) is 1. The van der Waals surface area contributed by atoms with Crippen molar-refractivity contribution in [3.8, 4) is 17.2 Å². The highest BCUT2D eigenvalue weighted by atomic mass is 32.2. The Labute approximate surface area is 324 Å². The summed E-state index contributed by atoms with van der Waals surface area (Å²) in [6.45, 7) is 9.36. The van der Waals surface area contributed by atoms with Crippen LogP contribution in [-0.2, 0) is 32.6 Å². The molecule has 0 aliphatic carbocycles. The normalized spacial score (nSPS) is 18.0. The lowest BCUT2D eigenvalue weighted by Gasteiger charge is -2.39. The van der Waals surface area contributed by atoms with Crippen LogP contribution in [0.25, 0.3) is 10.8 Å². The SMILES string of the molecule is COc1ccc2cc(S(=O)(=O)/N=C(/CC(=O)N[C@H](CCc3ccc(CN4[C@H](C)CCC[C@@H]4C)cc3)C(=O)N(C)C(C)C)c3ccc4c(c3)OCO4)ccc2c1. The number of amides is 2. The highest BCUT2D eigenvalue weighted by Crippen LogP contribution is 2.33. The first-order valence-electron chi connectivity index (χ1n) is 19.0. The number of carbonyl (C=O) groups is 2. The van der Waals surface area contributed by atoms with Crippen molar-refractivity contribution in [1.29, 1.82) is 0 Å². The van der Waals surface area contributed by atoms with Gasteiger partial charge in [0.05, 0.1) is 24.1 Å². The van der Waals surface area contributed by atoms with E-state index in [-0.39, 0.29) is 29.3 Å². The number of hydrogen-bond acceptors (Lipinski definition) is 8. The molecule has 2 heterocycles. The van der Waals surface area contributed by atoms with Crippen LogP contribution >= 0.6 is 0 Å². The number of methoxy groups -OCH3 is 1. The van der Waals surface area contributed by atoms with E-state index in [0.717, 1.165) is 17.5 Å². The summed E-state index contributed by atoms with van der Waals surface area (Å²) < 4.78 is 48.3. The molecule has 6 rings (SSSR count). The predicted molar refractivity (Wildman–Crippen MR) is 214 cm³/mol. The molecule has 0 bridgehead atoms. The molecule has 2 amide bonds. The van der Waals surface area contributed by atoms with Crippen LogP contribution in [0.5, 0.6) is 17.2 Å². The van der Waals surface area contributed by atoms with E-state index in [2.05, 4.69) is 52.7 Å². The van der Waals surface area contributed by atoms with E-state index in [1.165, 1.54) is 30.9 Å². The molecule has 0 aromatic heterocycles. The first-order valence-corrected chi connectivity index (χ1v) is 20.5. The molecule has 2 aliphatic rings. The van der Waals surface area contributed by atoms with E-state index >= 15 is 0 Å². The molecule has 0 unspecified atom stereocenters. The Morgan fingerprint density at radius 2 is 1.58 bits per heavy atom. The molecule has 2 aliphatic heterocycles. The molecule has 0 spiro atoms. The third-order valence-electron chi connectivity index (χ3n) is 10.8. The minimum absolute atomic E-state index is 0.00183. The first-order chi connectivity index (χ1) is 26.3. The van der Waals surface area contributed by atoms with Crippen molar-refractivity contribution >= 4 is 38.3 Å². The fourth-order valence-corrected chi connectivity index (χ4v) is 8.31. The van der Waals surface area contributed by atoms with Gasteiger partial charge in [-0.25, -0.2) is 0 Å². The predicted octanol–water partition coefficient (Wildman–Crippen LogP) is 6.89. The number of rotatable bonds is 14. The van der Waals surface area contributed by atoms with Gasteiger partial charge in [0, 0.05) is 37.3 Å². The Balaban J connectivity index is 1.22. The van der Waals surface area contributed by atoms with Gasteiger partial charge in [-0.1, -0.05) is 42.8 Å². The van der Waals surface area contributed by atoms with Crippen LogP contribution in [-0.4, -0.2) is 80.9 Å². The zero-order valence-corrected chi connectivity index (χ0v) is 33.4. The molecule has 1 fully saturated rings. The van der Waals surface area contributed by atoms with Crippen LogP contribution < -0.4 is 19.5 Å². The highest BCUT2D eigenvalue weighted by molar-refractivity contribution is 7.90. The van der Waals surface area contributed by atoms with E-state index in [1.54, 1.807) is 61.5 Å². The Morgan fingerprint density at radius 3 is 2.29 bits per heavy atom. The zero-order chi connectivity index (χ0) is 39.3. The molecule has 0 radical (unpaired) electrons. The van der Waals surface area contributed by atoms with Crippen LogP contribution in [0.2, 0.25) is 0 Å². The van der Waals surface area contributed by atoms with Crippen molar-refractivity contribution in [3.05, 3.63) is 95.6 Å². The number of aryl methyl sites for hydroxylation is 1. The van der Waals surface area contributed by atoms with Gasteiger partial charge in [-0.05, 0) is 118 Å². The molecule has 12 heteroatoms. The Morgan fingerprint density at radius 1 is 0.909 bits per heavy atom. The van der Waals surface area contributed by atoms with Crippen LogP contribution in [0.15, 0.2) is 88.2 Å². The van der Waals surface area contributed by atoms with E-state index < -0.39 is 28.4 Å². The summed E-state index contributed by atoms with van der Waals surface area (Å²) >= 11 is 0. The summed E-state index contributed by atoms with van der Waals surface area (Å²) in [5.41, 5.74) is 2.69. The summed E-state index contributed by atoms with van der Waals surface area (Å²) in [4.78, 5) is 31.8. The third-order valence-corrected chi connectivity index (χ3v) is 12.1. The van der Waals surface area contributed by atoms with Crippen LogP contribution in [0, 0.1) is 0 Å². The summed E-state index contributed by atoms with van der Waals surface area (Å²) in [5.74, 6) is 0.814. The third kappa shape index (κ3) is 9.66. The zero-order valence-electron chi connectivity index (χ0n) is 32.6. The van der Waals surface area contributed by atoms with E-state index in [0.29, 0.717) is 53.1 Å². The molecule has 11 nitrogen and oxygen atoms in total. The first kappa shape index (κ1) is 39.7. The number of nitrogens with zero attached hydrogens (tertiary/aromatic N) is 3. The molecule has 292 valence electrons. The maximum absolute atomic E-state index is 13.9. The van der Waals surface area contributed by atoms with Gasteiger partial charge in [0.25, 0.3) is 10.0 Å². The Hall–Kier alpha value is -4.94. The van der Waals surface area contributed by atoms with Gasteiger partial charge in [-0.2, -0.15) is 12.8 Å². The molecule has 3 atom stereocenters. The molecular weight excluding hydrogens is 717 g/mol. The summed E-state index contributed by atoms with van der Waals surface area (Å²) in [6, 6.07) is 23.7. The number of nitrogens with one attached hydrogen (secondary N) is 1. The van der Waals surface area contributed by atoms with Gasteiger partial charge in [-0.15, -0.1) is 0 Å². The van der Waals surface area contributed by atoms with Crippen LogP contribution in [0.4, 0.5) is 0 Å². The second-order valence-corrected chi connectivity index (χ2v) is 16.6. The summed E-state index contributed by atoms with van der Waals surface area (Å²) in [6.07, 6.45) is 4.22. The second kappa shape index (κ2) is 17.2. The van der Waals surface area contributed by atoms with Crippen molar-refractivity contribution in [1.82, 2.24) is 15.1 Å². The lowest BCUT2D eigenvalue weighted by molar-refractivity contribution is -0.136. The van der Waals surface area contributed by atoms with E-state index in [1.807, 2.05) is 19.9 Å². The number of hydrogen-bond donors (Lipinski definition) is 1. The fourth-order valence-electron chi connectivity index (χ4n) is 7.22. The summed E-state index contributed by atoms with van der Waals surface area (Å²) in [7, 11) is -0.997. The van der Waals surface area contributed by atoms with Gasteiger partial charge in [0.2, 0.25) is 18.6 Å². The molecule has 1 saturated heterocycles. The largest absolute Gasteiger partial charge is 0.497 e. The molecular formula is C43H52N4O7S. The molecule has 55 heavy (non-hydrogen) atoms. The minimum atomic E-state index is -4.28. The Kier molecular flexibility index (Phi) is 12.5. The standard InChI is InChI=1S/C43H52N4O7S/c1-28(2)46(5)43(49)38(20-14-31-10-12-32(13-11-31)26-47-29(3)8-7-9-30(47)4)44-42(48)25-39(35-17-21-40-41(24-35)54-27-53-40)45-55(50,51)37-19-16-33-22-36(52-6)18-15-34(33)23-37/h10-13,15-19,21-24,28-30,38H,7-9,14,20,25-27H2,1-6H3,(H,44,48)/b45-39-/t29-,30+,38-/m1/s1. The van der Waals surface area contributed by atoms with Crippen molar-refractivity contribution < 1.29 is 32.2 Å². The average Bonchev–Trinajstić information content (AvgIpc) is 3.65. The number of benzene rings is 4. The van der Waals surface area contributed by atoms with Crippen molar-refractivity contribution in [2.75, 3.05) is 21.0 Å². The molecule has 1 N–H and O–H groups in total. The van der Waals surface area contributed by atoms with Crippen LogP contribution in [0.3, 0.4) is 0 Å². The van der Waals surface area contributed by atoms with Gasteiger partial charge in [-0.3, -0.25) is 14.5 Å². The molecule has 0 saturated carbocycles. The van der Waals surface area contributed by atoms with E-state index in [9.17, 15) is 18.0 Å². The van der Waals surface area contributed by atoms with Gasteiger partial charge in [0.1, 0.15) is 11.8 Å². The number of fused-ring (bicyclic) bond motifs is 2. The lowest BCUT2D eigenvalue weighted by atomic mass is 9.96. The van der Waals surface area contributed by atoms with Crippen molar-refractivity contribution in [2.45, 2.75) is 102 Å².